The molecule has 2 aromatic rings. The molecule has 1 aliphatic heterocycles. The van der Waals surface area contributed by atoms with E-state index in [1.165, 1.54) is 21.9 Å². The first kappa shape index (κ1) is 21.5. The van der Waals surface area contributed by atoms with Gasteiger partial charge in [-0.15, -0.1) is 0 Å². The molecule has 8 nitrogen and oxygen atoms in total. The van der Waals surface area contributed by atoms with Crippen molar-refractivity contribution in [1.82, 2.24) is 20.0 Å². The summed E-state index contributed by atoms with van der Waals surface area (Å²) in [7, 11) is 0. The number of nitrogens with one attached hydrogen (secondary N) is 1. The molecule has 1 saturated heterocycles. The zero-order chi connectivity index (χ0) is 21.8. The lowest BCUT2D eigenvalue weighted by Crippen LogP contribution is -2.37. The second kappa shape index (κ2) is 9.06. The Hall–Kier alpha value is -3.23. The van der Waals surface area contributed by atoms with Crippen molar-refractivity contribution in [3.05, 3.63) is 62.3 Å². The number of carboxylic acid groups (broad SMARTS) is 1. The average molecular weight is 416 g/mol. The van der Waals surface area contributed by atoms with E-state index in [4.69, 9.17) is 5.11 Å². The largest absolute Gasteiger partial charge is 0.465 e. The fourth-order valence-corrected chi connectivity index (χ4v) is 3.73. The first-order chi connectivity index (χ1) is 14.3. The maximum absolute atomic E-state index is 14.5. The van der Waals surface area contributed by atoms with Gasteiger partial charge in [0.25, 0.3) is 11.5 Å². The number of rotatable bonds is 4. The van der Waals surface area contributed by atoms with Crippen LogP contribution in [0.4, 0.5) is 9.18 Å². The van der Waals surface area contributed by atoms with Crippen LogP contribution in [0, 0.1) is 12.7 Å². The molecule has 0 unspecified atom stereocenters. The van der Waals surface area contributed by atoms with Gasteiger partial charge in [0.2, 0.25) is 0 Å². The van der Waals surface area contributed by atoms with Gasteiger partial charge < -0.3 is 14.9 Å². The van der Waals surface area contributed by atoms with Crippen molar-refractivity contribution in [2.24, 2.45) is 0 Å². The van der Waals surface area contributed by atoms with E-state index in [-0.39, 0.29) is 24.2 Å². The van der Waals surface area contributed by atoms with Gasteiger partial charge in [-0.05, 0) is 43.0 Å². The van der Waals surface area contributed by atoms with Crippen molar-refractivity contribution in [3.63, 3.8) is 0 Å². The minimum absolute atomic E-state index is 0.0472. The van der Waals surface area contributed by atoms with Crippen molar-refractivity contribution < 1.29 is 19.1 Å². The molecule has 1 aromatic heterocycles. The van der Waals surface area contributed by atoms with Crippen molar-refractivity contribution in [3.8, 4) is 0 Å². The highest BCUT2D eigenvalue weighted by atomic mass is 19.1. The Bertz CT molecular complexity index is 1020. The molecule has 0 saturated carbocycles. The second-order valence-corrected chi connectivity index (χ2v) is 7.36. The standard InChI is InChI=1S/C21H25FN4O4/c1-3-15-13(2)18(23-24-19(15)27)12-14-5-6-17(22)16(11-14)20(28)25-7-4-8-26(10-9-25)21(29)30/h5-6,11H,3-4,7-10,12H2,1-2H3,(H,24,27)(H,29,30). The number of nitrogens with zero attached hydrogens (tertiary/aromatic N) is 3. The van der Waals surface area contributed by atoms with Gasteiger partial charge in [-0.3, -0.25) is 9.59 Å². The quantitative estimate of drug-likeness (QED) is 0.795. The fourth-order valence-electron chi connectivity index (χ4n) is 3.73. The summed E-state index contributed by atoms with van der Waals surface area (Å²) in [6.07, 6.45) is 0.405. The van der Waals surface area contributed by atoms with Crippen molar-refractivity contribution >= 4 is 12.0 Å². The molecule has 30 heavy (non-hydrogen) atoms. The third kappa shape index (κ3) is 4.50. The molecule has 2 heterocycles. The first-order valence-corrected chi connectivity index (χ1v) is 9.94. The lowest BCUT2D eigenvalue weighted by molar-refractivity contribution is 0.0754. The van der Waals surface area contributed by atoms with Crippen LogP contribution in [0.25, 0.3) is 0 Å². The molecule has 0 aliphatic carbocycles. The van der Waals surface area contributed by atoms with E-state index in [2.05, 4.69) is 10.2 Å². The highest BCUT2D eigenvalue weighted by molar-refractivity contribution is 5.94. The van der Waals surface area contributed by atoms with Crippen LogP contribution in [0.2, 0.25) is 0 Å². The molecule has 0 bridgehead atoms. The summed E-state index contributed by atoms with van der Waals surface area (Å²) >= 11 is 0. The van der Waals surface area contributed by atoms with Crippen LogP contribution in [0.15, 0.2) is 23.0 Å². The second-order valence-electron chi connectivity index (χ2n) is 7.36. The number of carbonyl (C=O) groups excluding carboxylic acids is 1. The van der Waals surface area contributed by atoms with Gasteiger partial charge in [0, 0.05) is 38.2 Å². The molecular weight excluding hydrogens is 391 g/mol. The smallest absolute Gasteiger partial charge is 0.407 e. The molecule has 160 valence electrons. The Kier molecular flexibility index (Phi) is 6.49. The maximum Gasteiger partial charge on any atom is 0.407 e. The van der Waals surface area contributed by atoms with E-state index in [0.717, 1.165) is 5.56 Å². The van der Waals surface area contributed by atoms with Crippen molar-refractivity contribution in [2.45, 2.75) is 33.1 Å². The maximum atomic E-state index is 14.5. The summed E-state index contributed by atoms with van der Waals surface area (Å²) in [5.41, 5.74) is 2.56. The van der Waals surface area contributed by atoms with E-state index in [0.29, 0.717) is 49.2 Å². The van der Waals surface area contributed by atoms with Crippen LogP contribution in [-0.2, 0) is 12.8 Å². The fraction of sp³-hybridized carbons (Fsp3) is 0.429. The first-order valence-electron chi connectivity index (χ1n) is 9.94. The summed E-state index contributed by atoms with van der Waals surface area (Å²) < 4.78 is 14.5. The van der Waals surface area contributed by atoms with E-state index in [9.17, 15) is 18.8 Å². The van der Waals surface area contributed by atoms with Gasteiger partial charge in [0.15, 0.2) is 0 Å². The van der Waals surface area contributed by atoms with E-state index >= 15 is 0 Å². The highest BCUT2D eigenvalue weighted by Gasteiger charge is 2.24. The van der Waals surface area contributed by atoms with Crippen LogP contribution in [0.3, 0.4) is 0 Å². The predicted molar refractivity (Wildman–Crippen MR) is 108 cm³/mol. The van der Waals surface area contributed by atoms with Crippen LogP contribution >= 0.6 is 0 Å². The predicted octanol–water partition coefficient (Wildman–Crippen LogP) is 2.20. The molecule has 2 N–H and O–H groups in total. The summed E-state index contributed by atoms with van der Waals surface area (Å²) in [5.74, 6) is -1.08. The lowest BCUT2D eigenvalue weighted by atomic mass is 10.00. The Labute approximate surface area is 173 Å². The number of aromatic nitrogens is 2. The minimum atomic E-state index is -1.02. The Morgan fingerprint density at radius 1 is 1.20 bits per heavy atom. The molecule has 3 rings (SSSR count). The Morgan fingerprint density at radius 3 is 2.60 bits per heavy atom. The van der Waals surface area contributed by atoms with Crippen LogP contribution in [0.5, 0.6) is 0 Å². The molecule has 0 radical (unpaired) electrons. The lowest BCUT2D eigenvalue weighted by Gasteiger charge is -2.21. The van der Waals surface area contributed by atoms with Crippen LogP contribution in [-0.4, -0.2) is 63.3 Å². The highest BCUT2D eigenvalue weighted by Crippen LogP contribution is 2.18. The van der Waals surface area contributed by atoms with E-state index in [1.807, 2.05) is 13.8 Å². The van der Waals surface area contributed by atoms with Gasteiger partial charge in [-0.25, -0.2) is 14.3 Å². The normalized spacial score (nSPS) is 14.5. The van der Waals surface area contributed by atoms with E-state index < -0.39 is 17.8 Å². The summed E-state index contributed by atoms with van der Waals surface area (Å²) in [4.78, 5) is 38.7. The number of hydrogen-bond acceptors (Lipinski definition) is 4. The molecule has 1 aromatic carbocycles. The van der Waals surface area contributed by atoms with Gasteiger partial charge in [0.05, 0.1) is 11.3 Å². The minimum Gasteiger partial charge on any atom is -0.465 e. The summed E-state index contributed by atoms with van der Waals surface area (Å²) in [6, 6.07) is 4.36. The molecule has 0 atom stereocenters. The topological polar surface area (TPSA) is 107 Å². The number of benzene rings is 1. The number of hydrogen-bond donors (Lipinski definition) is 2. The molecular formula is C21H25FN4O4. The third-order valence-electron chi connectivity index (χ3n) is 5.49. The summed E-state index contributed by atoms with van der Waals surface area (Å²) in [5, 5.41) is 15.7. The molecule has 0 spiro atoms. The van der Waals surface area contributed by atoms with Gasteiger partial charge >= 0.3 is 6.09 Å². The summed E-state index contributed by atoms with van der Waals surface area (Å²) in [6.45, 7) is 4.85. The van der Waals surface area contributed by atoms with Crippen LogP contribution < -0.4 is 5.56 Å². The number of amides is 2. The number of H-pyrrole nitrogens is 1. The Morgan fingerprint density at radius 2 is 1.90 bits per heavy atom. The van der Waals surface area contributed by atoms with Crippen molar-refractivity contribution in [1.29, 1.82) is 0 Å². The molecule has 2 amide bonds. The SMILES string of the molecule is CCc1c(C)c(Cc2ccc(F)c(C(=O)N3CCCN(C(=O)O)CC3)c2)n[nH]c1=O. The van der Waals surface area contributed by atoms with Crippen LogP contribution in [0.1, 0.15) is 46.1 Å². The van der Waals surface area contributed by atoms with Gasteiger partial charge in [-0.2, -0.15) is 5.10 Å². The number of halogens is 1. The van der Waals surface area contributed by atoms with Gasteiger partial charge in [0.1, 0.15) is 5.82 Å². The van der Waals surface area contributed by atoms with Crippen molar-refractivity contribution in [2.75, 3.05) is 26.2 Å². The zero-order valence-corrected chi connectivity index (χ0v) is 17.1. The molecule has 9 heteroatoms. The molecule has 1 aliphatic rings. The monoisotopic (exact) mass is 416 g/mol. The average Bonchev–Trinajstić information content (AvgIpc) is 2.98. The number of carbonyl (C=O) groups is 2. The third-order valence-corrected chi connectivity index (χ3v) is 5.49. The van der Waals surface area contributed by atoms with Gasteiger partial charge in [-0.1, -0.05) is 13.0 Å². The Balaban J connectivity index is 1.83. The number of aromatic amines is 1. The zero-order valence-electron chi connectivity index (χ0n) is 17.1. The van der Waals surface area contributed by atoms with E-state index in [1.54, 1.807) is 6.07 Å². The molecule has 1 fully saturated rings.